The first-order valence-corrected chi connectivity index (χ1v) is 11.2. The van der Waals surface area contributed by atoms with Crippen LogP contribution in [-0.4, -0.2) is 43.3 Å². The van der Waals surface area contributed by atoms with E-state index in [1.165, 1.54) is 16.0 Å². The van der Waals surface area contributed by atoms with Gasteiger partial charge in [0.15, 0.2) is 0 Å². The van der Waals surface area contributed by atoms with Crippen LogP contribution in [-0.2, 0) is 23.0 Å². The van der Waals surface area contributed by atoms with Crippen molar-refractivity contribution in [3.63, 3.8) is 0 Å². The largest absolute Gasteiger partial charge is 0.293 e. The maximum Gasteiger partial charge on any atom is 0.243 e. The minimum Gasteiger partial charge on any atom is -0.293 e. The number of hydrogen-bond donors (Lipinski definition) is 0. The molecule has 2 aromatic rings. The minimum absolute atomic E-state index is 0.345. The Bertz CT molecular complexity index is 850. The molecule has 4 rings (SSSR count). The topological polar surface area (TPSA) is 40.6 Å². The number of hydrogen-bond acceptors (Lipinski definition) is 4. The molecule has 0 atom stereocenters. The Kier molecular flexibility index (Phi) is 4.48. The zero-order valence-electron chi connectivity index (χ0n) is 14.7. The first-order chi connectivity index (χ1) is 11.9. The van der Waals surface area contributed by atoms with E-state index in [2.05, 4.69) is 30.2 Å². The fraction of sp³-hybridized carbons (Fsp3) is 0.474. The summed E-state index contributed by atoms with van der Waals surface area (Å²) < 4.78 is 27.2. The Morgan fingerprint density at radius 1 is 1.12 bits per heavy atom. The van der Waals surface area contributed by atoms with Gasteiger partial charge in [-0.3, -0.25) is 4.90 Å². The predicted molar refractivity (Wildman–Crippen MR) is 102 cm³/mol. The summed E-state index contributed by atoms with van der Waals surface area (Å²) in [5, 5.41) is 2.16. The van der Waals surface area contributed by atoms with Gasteiger partial charge in [0, 0.05) is 37.1 Å². The summed E-state index contributed by atoms with van der Waals surface area (Å²) in [5.41, 5.74) is 2.59. The monoisotopic (exact) mass is 376 g/mol. The van der Waals surface area contributed by atoms with Crippen LogP contribution in [0.15, 0.2) is 40.6 Å². The zero-order valence-corrected chi connectivity index (χ0v) is 16.3. The van der Waals surface area contributed by atoms with Gasteiger partial charge in [0.1, 0.15) is 0 Å². The van der Waals surface area contributed by atoms with Crippen LogP contribution in [0.4, 0.5) is 0 Å². The van der Waals surface area contributed by atoms with Crippen molar-refractivity contribution in [1.82, 2.24) is 9.21 Å². The molecule has 0 saturated carbocycles. The third-order valence-electron chi connectivity index (χ3n) is 5.37. The number of sulfonamides is 1. The van der Waals surface area contributed by atoms with Crippen LogP contribution in [0.3, 0.4) is 0 Å². The molecular formula is C19H24N2O2S2. The summed E-state index contributed by atoms with van der Waals surface area (Å²) in [6, 6.07) is 9.90. The Balaban J connectivity index is 1.41. The molecule has 0 bridgehead atoms. The third-order valence-corrected chi connectivity index (χ3v) is 8.24. The van der Waals surface area contributed by atoms with Gasteiger partial charge in [-0.15, -0.1) is 11.3 Å². The summed E-state index contributed by atoms with van der Waals surface area (Å²) in [4.78, 5) is 4.34. The van der Waals surface area contributed by atoms with E-state index in [-0.39, 0.29) is 0 Å². The van der Waals surface area contributed by atoms with Gasteiger partial charge in [-0.05, 0) is 47.0 Å². The van der Waals surface area contributed by atoms with Gasteiger partial charge in [0.2, 0.25) is 10.0 Å². The van der Waals surface area contributed by atoms with Crippen LogP contribution in [0.5, 0.6) is 0 Å². The van der Waals surface area contributed by atoms with Crippen molar-refractivity contribution in [3.05, 3.63) is 51.7 Å². The van der Waals surface area contributed by atoms with Crippen LogP contribution in [0, 0.1) is 0 Å². The Hall–Kier alpha value is -1.21. The Morgan fingerprint density at radius 2 is 1.84 bits per heavy atom. The Labute approximate surface area is 154 Å². The van der Waals surface area contributed by atoms with E-state index in [0.29, 0.717) is 29.9 Å². The second-order valence-electron chi connectivity index (χ2n) is 7.29. The van der Waals surface area contributed by atoms with Gasteiger partial charge in [-0.25, -0.2) is 8.42 Å². The highest BCUT2D eigenvalue weighted by molar-refractivity contribution is 7.89. The van der Waals surface area contributed by atoms with Crippen molar-refractivity contribution in [2.75, 3.05) is 19.6 Å². The number of benzene rings is 1. The molecule has 1 fully saturated rings. The standard InChI is InChI=1S/C19H24N2O2S2/c1-14(2)15-3-5-18(6-4-15)25(22,23)21-12-17(13-21)20-9-7-19-16(11-20)8-10-24-19/h3-6,8,10,14,17H,7,9,11-13H2,1-2H3. The molecule has 1 saturated heterocycles. The van der Waals surface area contributed by atoms with Crippen LogP contribution < -0.4 is 0 Å². The van der Waals surface area contributed by atoms with Crippen molar-refractivity contribution in [1.29, 1.82) is 0 Å². The highest BCUT2D eigenvalue weighted by Gasteiger charge is 2.40. The summed E-state index contributed by atoms with van der Waals surface area (Å²) in [6.07, 6.45) is 1.09. The molecule has 0 amide bonds. The molecule has 0 unspecified atom stereocenters. The van der Waals surface area contributed by atoms with E-state index < -0.39 is 10.0 Å². The molecule has 25 heavy (non-hydrogen) atoms. The van der Waals surface area contributed by atoms with Gasteiger partial charge in [-0.1, -0.05) is 26.0 Å². The molecule has 134 valence electrons. The lowest BCUT2D eigenvalue weighted by Gasteiger charge is -2.45. The maximum absolute atomic E-state index is 12.8. The van der Waals surface area contributed by atoms with Crippen LogP contribution in [0.25, 0.3) is 0 Å². The first kappa shape index (κ1) is 17.2. The minimum atomic E-state index is -3.36. The van der Waals surface area contributed by atoms with Gasteiger partial charge < -0.3 is 0 Å². The average molecular weight is 377 g/mol. The van der Waals surface area contributed by atoms with Crippen LogP contribution >= 0.6 is 11.3 Å². The molecule has 0 N–H and O–H groups in total. The van der Waals surface area contributed by atoms with E-state index in [1.807, 2.05) is 23.5 Å². The smallest absolute Gasteiger partial charge is 0.243 e. The quantitative estimate of drug-likeness (QED) is 0.822. The van der Waals surface area contributed by atoms with E-state index >= 15 is 0 Å². The molecule has 0 aliphatic carbocycles. The average Bonchev–Trinajstić information content (AvgIpc) is 3.01. The van der Waals surface area contributed by atoms with Gasteiger partial charge in [-0.2, -0.15) is 4.31 Å². The summed E-state index contributed by atoms with van der Waals surface area (Å²) in [7, 11) is -3.36. The molecule has 6 heteroatoms. The molecule has 0 radical (unpaired) electrons. The van der Waals surface area contributed by atoms with Crippen LogP contribution in [0.1, 0.15) is 35.8 Å². The lowest BCUT2D eigenvalue weighted by Crippen LogP contribution is -2.61. The molecule has 2 aliphatic heterocycles. The molecule has 4 nitrogen and oxygen atoms in total. The highest BCUT2D eigenvalue weighted by atomic mass is 32.2. The maximum atomic E-state index is 12.8. The molecule has 2 aliphatic rings. The van der Waals surface area contributed by atoms with E-state index in [1.54, 1.807) is 16.4 Å². The van der Waals surface area contributed by atoms with Crippen molar-refractivity contribution < 1.29 is 8.42 Å². The number of thiophene rings is 1. The number of nitrogens with zero attached hydrogens (tertiary/aromatic N) is 2. The Morgan fingerprint density at radius 3 is 2.52 bits per heavy atom. The van der Waals surface area contributed by atoms with Gasteiger partial charge in [0.25, 0.3) is 0 Å². The SMILES string of the molecule is CC(C)c1ccc(S(=O)(=O)N2CC(N3CCc4sccc4C3)C2)cc1. The normalized spacial score (nSPS) is 19.8. The lowest BCUT2D eigenvalue weighted by molar-refractivity contribution is 0.0775. The molecular weight excluding hydrogens is 352 g/mol. The number of fused-ring (bicyclic) bond motifs is 1. The highest BCUT2D eigenvalue weighted by Crippen LogP contribution is 2.30. The lowest BCUT2D eigenvalue weighted by atomic mass is 10.0. The van der Waals surface area contributed by atoms with Crippen molar-refractivity contribution in [2.24, 2.45) is 0 Å². The van der Waals surface area contributed by atoms with Crippen molar-refractivity contribution in [3.8, 4) is 0 Å². The fourth-order valence-electron chi connectivity index (χ4n) is 3.60. The molecule has 1 aromatic carbocycles. The van der Waals surface area contributed by atoms with Gasteiger partial charge in [0.05, 0.1) is 4.90 Å². The molecule has 0 spiro atoms. The first-order valence-electron chi connectivity index (χ1n) is 8.84. The van der Waals surface area contributed by atoms with Crippen LogP contribution in [0.2, 0.25) is 0 Å². The second-order valence-corrected chi connectivity index (χ2v) is 10.2. The second kappa shape index (κ2) is 6.50. The van der Waals surface area contributed by atoms with E-state index in [9.17, 15) is 8.42 Å². The third kappa shape index (κ3) is 3.16. The van der Waals surface area contributed by atoms with E-state index in [4.69, 9.17) is 0 Å². The number of rotatable bonds is 4. The van der Waals surface area contributed by atoms with Crippen molar-refractivity contribution >= 4 is 21.4 Å². The molecule has 1 aromatic heterocycles. The summed E-state index contributed by atoms with van der Waals surface area (Å²) >= 11 is 1.84. The van der Waals surface area contributed by atoms with E-state index in [0.717, 1.165) is 19.5 Å². The van der Waals surface area contributed by atoms with Crippen molar-refractivity contribution in [2.45, 2.75) is 43.7 Å². The summed E-state index contributed by atoms with van der Waals surface area (Å²) in [6.45, 7) is 7.43. The fourth-order valence-corrected chi connectivity index (χ4v) is 6.00. The molecule has 3 heterocycles. The van der Waals surface area contributed by atoms with Gasteiger partial charge >= 0.3 is 0 Å². The predicted octanol–water partition coefficient (Wildman–Crippen LogP) is 3.30. The summed E-state index contributed by atoms with van der Waals surface area (Å²) in [5.74, 6) is 0.409. The zero-order chi connectivity index (χ0) is 17.6.